The Morgan fingerprint density at radius 2 is 2.11 bits per heavy atom. The molecule has 2 rings (SSSR count). The predicted octanol–water partition coefficient (Wildman–Crippen LogP) is 3.82. The van der Waals surface area contributed by atoms with Gasteiger partial charge in [-0.25, -0.2) is 0 Å². The Kier molecular flexibility index (Phi) is 3.62. The molecule has 19 heavy (non-hydrogen) atoms. The van der Waals surface area contributed by atoms with Crippen LogP contribution < -0.4 is 4.74 Å². The van der Waals surface area contributed by atoms with Crippen LogP contribution in [0.2, 0.25) is 5.02 Å². The Balaban J connectivity index is 2.78. The summed E-state index contributed by atoms with van der Waals surface area (Å²) >= 11 is 6.26. The lowest BCUT2D eigenvalue weighted by atomic mass is 9.98. The van der Waals surface area contributed by atoms with Crippen molar-refractivity contribution in [1.82, 2.24) is 5.16 Å². The van der Waals surface area contributed by atoms with Gasteiger partial charge in [0.1, 0.15) is 5.75 Å². The van der Waals surface area contributed by atoms with E-state index in [9.17, 15) is 4.79 Å². The van der Waals surface area contributed by atoms with Gasteiger partial charge in [-0.3, -0.25) is 4.79 Å². The van der Waals surface area contributed by atoms with Crippen molar-refractivity contribution in [3.63, 3.8) is 0 Å². The van der Waals surface area contributed by atoms with Crippen LogP contribution in [0.15, 0.2) is 16.8 Å². The summed E-state index contributed by atoms with van der Waals surface area (Å²) in [6, 6.07) is 1.82. The molecule has 5 heteroatoms. The van der Waals surface area contributed by atoms with Gasteiger partial charge in [0.2, 0.25) is 0 Å². The van der Waals surface area contributed by atoms with E-state index >= 15 is 0 Å². The predicted molar refractivity (Wildman–Crippen MR) is 73.0 cm³/mol. The van der Waals surface area contributed by atoms with Crippen molar-refractivity contribution in [2.45, 2.75) is 20.8 Å². The molecule has 0 aliphatic rings. The molecule has 1 aromatic heterocycles. The van der Waals surface area contributed by atoms with Crippen LogP contribution in [0.25, 0.3) is 11.3 Å². The van der Waals surface area contributed by atoms with Crippen LogP contribution >= 0.6 is 11.6 Å². The first-order valence-electron chi connectivity index (χ1n) is 5.77. The highest BCUT2D eigenvalue weighted by molar-refractivity contribution is 6.32. The zero-order chi connectivity index (χ0) is 14.2. The Morgan fingerprint density at radius 1 is 1.42 bits per heavy atom. The smallest absolute Gasteiger partial charge is 0.181 e. The Morgan fingerprint density at radius 3 is 2.68 bits per heavy atom. The number of aromatic nitrogens is 1. The summed E-state index contributed by atoms with van der Waals surface area (Å²) < 4.78 is 10.6. The summed E-state index contributed by atoms with van der Waals surface area (Å²) in [5.41, 5.74) is 2.79. The molecular weight excluding hydrogens is 266 g/mol. The summed E-state index contributed by atoms with van der Waals surface area (Å²) in [7, 11) is 1.56. The van der Waals surface area contributed by atoms with E-state index in [-0.39, 0.29) is 5.78 Å². The van der Waals surface area contributed by atoms with Crippen molar-refractivity contribution < 1.29 is 14.1 Å². The third-order valence-corrected chi connectivity index (χ3v) is 3.62. The number of halogens is 1. The second kappa shape index (κ2) is 5.05. The van der Waals surface area contributed by atoms with E-state index < -0.39 is 0 Å². The number of hydrogen-bond donors (Lipinski definition) is 0. The van der Waals surface area contributed by atoms with Gasteiger partial charge in [0, 0.05) is 5.02 Å². The first-order chi connectivity index (χ1) is 8.97. The molecule has 0 spiro atoms. The van der Waals surface area contributed by atoms with Crippen molar-refractivity contribution in [3.8, 4) is 17.1 Å². The van der Waals surface area contributed by atoms with Crippen LogP contribution in [0.1, 0.15) is 28.4 Å². The fourth-order valence-electron chi connectivity index (χ4n) is 2.04. The lowest BCUT2D eigenvalue weighted by molar-refractivity contribution is 0.101. The lowest BCUT2D eigenvalue weighted by Crippen LogP contribution is -1.98. The van der Waals surface area contributed by atoms with Gasteiger partial charge in [-0.2, -0.15) is 0 Å². The highest BCUT2D eigenvalue weighted by atomic mass is 35.5. The van der Waals surface area contributed by atoms with E-state index in [1.54, 1.807) is 7.11 Å². The number of ketones is 1. The Bertz CT molecular complexity index is 646. The molecule has 0 aliphatic carbocycles. The maximum absolute atomic E-state index is 11.6. The summed E-state index contributed by atoms with van der Waals surface area (Å²) in [5.74, 6) is 0.886. The molecule has 1 aromatic carbocycles. The zero-order valence-corrected chi connectivity index (χ0v) is 12.0. The topological polar surface area (TPSA) is 52.3 Å². The van der Waals surface area contributed by atoms with E-state index in [0.717, 1.165) is 11.1 Å². The molecule has 4 nitrogen and oxygen atoms in total. The molecule has 0 amide bonds. The number of benzene rings is 1. The van der Waals surface area contributed by atoms with Gasteiger partial charge in [0.25, 0.3) is 0 Å². The fourth-order valence-corrected chi connectivity index (χ4v) is 2.19. The van der Waals surface area contributed by atoms with Gasteiger partial charge in [0.05, 0.1) is 24.4 Å². The molecular formula is C14H14ClNO3. The number of carbonyl (C=O) groups excluding carboxylic acids is 1. The molecule has 0 bridgehead atoms. The summed E-state index contributed by atoms with van der Waals surface area (Å²) in [6.45, 7) is 5.22. The van der Waals surface area contributed by atoms with Crippen LogP contribution in [-0.2, 0) is 0 Å². The van der Waals surface area contributed by atoms with E-state index in [2.05, 4.69) is 5.16 Å². The van der Waals surface area contributed by atoms with E-state index in [4.69, 9.17) is 20.9 Å². The number of hydrogen-bond acceptors (Lipinski definition) is 4. The van der Waals surface area contributed by atoms with Crippen molar-refractivity contribution >= 4 is 17.4 Å². The second-order valence-electron chi connectivity index (χ2n) is 4.33. The van der Waals surface area contributed by atoms with Crippen molar-refractivity contribution in [2.75, 3.05) is 7.11 Å². The number of nitrogens with zero attached hydrogens (tertiary/aromatic N) is 1. The number of methoxy groups -OCH3 is 1. The van der Waals surface area contributed by atoms with E-state index in [0.29, 0.717) is 27.7 Å². The molecule has 0 saturated heterocycles. The van der Waals surface area contributed by atoms with Crippen LogP contribution in [0, 0.1) is 13.8 Å². The number of carbonyl (C=O) groups is 1. The molecule has 1 heterocycles. The lowest BCUT2D eigenvalue weighted by Gasteiger charge is -2.13. The molecule has 2 aromatic rings. The maximum atomic E-state index is 11.6. The average Bonchev–Trinajstić information content (AvgIpc) is 2.84. The minimum Gasteiger partial charge on any atom is -0.496 e. The normalized spacial score (nSPS) is 10.6. The molecule has 100 valence electrons. The molecule has 0 saturated carbocycles. The van der Waals surface area contributed by atoms with Crippen molar-refractivity contribution in [3.05, 3.63) is 34.0 Å². The molecule has 0 atom stereocenters. The van der Waals surface area contributed by atoms with Crippen LogP contribution in [0.4, 0.5) is 0 Å². The largest absolute Gasteiger partial charge is 0.496 e. The van der Waals surface area contributed by atoms with Gasteiger partial charge in [0.15, 0.2) is 11.5 Å². The first kappa shape index (κ1) is 13.6. The van der Waals surface area contributed by atoms with E-state index in [1.807, 2.05) is 19.9 Å². The average molecular weight is 280 g/mol. The third-order valence-electron chi connectivity index (χ3n) is 3.04. The Hall–Kier alpha value is -1.81. The van der Waals surface area contributed by atoms with Gasteiger partial charge < -0.3 is 9.26 Å². The quantitative estimate of drug-likeness (QED) is 0.802. The SMILES string of the molecule is COc1cc(C)c(Cl)c(C)c1-c1oncc1C(C)=O. The summed E-state index contributed by atoms with van der Waals surface area (Å²) in [5, 5.41) is 4.32. The summed E-state index contributed by atoms with van der Waals surface area (Å²) in [6.07, 6.45) is 1.41. The standard InChI is InChI=1S/C14H14ClNO3/c1-7-5-11(18-4)12(8(2)13(7)15)14-10(9(3)17)6-16-19-14/h5-6H,1-4H3. The molecule has 0 fully saturated rings. The van der Waals surface area contributed by atoms with Gasteiger partial charge in [-0.05, 0) is 38.0 Å². The minimum absolute atomic E-state index is 0.116. The minimum atomic E-state index is -0.116. The maximum Gasteiger partial charge on any atom is 0.181 e. The van der Waals surface area contributed by atoms with Gasteiger partial charge in [-0.15, -0.1) is 0 Å². The number of Topliss-reactive ketones (excluding diaryl/α,β-unsaturated/α-hetero) is 1. The highest BCUT2D eigenvalue weighted by Crippen LogP contribution is 2.40. The van der Waals surface area contributed by atoms with E-state index in [1.165, 1.54) is 13.1 Å². The Labute approximate surface area is 116 Å². The first-order valence-corrected chi connectivity index (χ1v) is 6.14. The van der Waals surface area contributed by atoms with Crippen LogP contribution in [-0.4, -0.2) is 18.0 Å². The number of aryl methyl sites for hydroxylation is 1. The monoisotopic (exact) mass is 279 g/mol. The summed E-state index contributed by atoms with van der Waals surface area (Å²) in [4.78, 5) is 11.6. The number of ether oxygens (including phenoxy) is 1. The molecule has 0 N–H and O–H groups in total. The highest BCUT2D eigenvalue weighted by Gasteiger charge is 2.22. The van der Waals surface area contributed by atoms with Gasteiger partial charge >= 0.3 is 0 Å². The third kappa shape index (κ3) is 2.24. The van der Waals surface area contributed by atoms with Crippen LogP contribution in [0.5, 0.6) is 5.75 Å². The fraction of sp³-hybridized carbons (Fsp3) is 0.286. The van der Waals surface area contributed by atoms with Crippen LogP contribution in [0.3, 0.4) is 0 Å². The molecule has 0 radical (unpaired) electrons. The van der Waals surface area contributed by atoms with Gasteiger partial charge in [-0.1, -0.05) is 16.8 Å². The van der Waals surface area contributed by atoms with Crippen molar-refractivity contribution in [2.24, 2.45) is 0 Å². The second-order valence-corrected chi connectivity index (χ2v) is 4.71. The zero-order valence-electron chi connectivity index (χ0n) is 11.2. The molecule has 0 aliphatic heterocycles. The van der Waals surface area contributed by atoms with Crippen molar-refractivity contribution in [1.29, 1.82) is 0 Å². The number of rotatable bonds is 3. The molecule has 0 unspecified atom stereocenters.